The molecule has 0 aliphatic rings. The third-order valence-electron chi connectivity index (χ3n) is 2.42. The second-order valence-corrected chi connectivity index (χ2v) is 5.54. The fourth-order valence-electron chi connectivity index (χ4n) is 1.70. The van der Waals surface area contributed by atoms with Gasteiger partial charge in [-0.2, -0.15) is 0 Å². The molecule has 0 aliphatic heterocycles. The third kappa shape index (κ3) is 3.43. The zero-order chi connectivity index (χ0) is 11.5. The van der Waals surface area contributed by atoms with E-state index >= 15 is 0 Å². The minimum absolute atomic E-state index is 0.105. The van der Waals surface area contributed by atoms with Gasteiger partial charge >= 0.3 is 0 Å². The van der Waals surface area contributed by atoms with E-state index in [1.165, 1.54) is 10.4 Å². The Morgan fingerprint density at radius 3 is 2.67 bits per heavy atom. The van der Waals surface area contributed by atoms with Crippen LogP contribution in [0.25, 0.3) is 0 Å². The Morgan fingerprint density at radius 2 is 2.20 bits per heavy atom. The standard InChI is InChI=1S/C12H19NOS/c1-9-5-6-15-11(9)12(3,4)8-13-7-10(2)14/h5-6,13H,7-8H2,1-4H3. The molecule has 1 rings (SSSR count). The van der Waals surface area contributed by atoms with E-state index in [9.17, 15) is 4.79 Å². The van der Waals surface area contributed by atoms with Crippen LogP contribution >= 0.6 is 11.3 Å². The highest BCUT2D eigenvalue weighted by molar-refractivity contribution is 7.10. The fourth-order valence-corrected chi connectivity index (χ4v) is 2.75. The number of nitrogens with one attached hydrogen (secondary N) is 1. The summed E-state index contributed by atoms with van der Waals surface area (Å²) in [5.41, 5.74) is 1.45. The fraction of sp³-hybridized carbons (Fsp3) is 0.583. The second-order valence-electron chi connectivity index (χ2n) is 4.62. The van der Waals surface area contributed by atoms with E-state index in [4.69, 9.17) is 0 Å². The Hall–Kier alpha value is -0.670. The van der Waals surface area contributed by atoms with Crippen molar-refractivity contribution in [2.24, 2.45) is 0 Å². The first-order valence-electron chi connectivity index (χ1n) is 5.18. The van der Waals surface area contributed by atoms with Gasteiger partial charge in [0.15, 0.2) is 0 Å². The summed E-state index contributed by atoms with van der Waals surface area (Å²) in [7, 11) is 0. The Morgan fingerprint density at radius 1 is 1.53 bits per heavy atom. The van der Waals surface area contributed by atoms with Gasteiger partial charge in [0.1, 0.15) is 5.78 Å². The summed E-state index contributed by atoms with van der Waals surface area (Å²) in [6.45, 7) is 9.47. The summed E-state index contributed by atoms with van der Waals surface area (Å²) in [4.78, 5) is 12.2. The zero-order valence-electron chi connectivity index (χ0n) is 9.89. The van der Waals surface area contributed by atoms with Crippen LogP contribution in [0.3, 0.4) is 0 Å². The second kappa shape index (κ2) is 4.90. The molecule has 0 amide bonds. The molecule has 0 unspecified atom stereocenters. The minimum atomic E-state index is 0.105. The molecule has 1 heterocycles. The van der Waals surface area contributed by atoms with E-state index in [-0.39, 0.29) is 11.2 Å². The number of aryl methyl sites for hydroxylation is 1. The number of thiophene rings is 1. The Kier molecular flexibility index (Phi) is 4.05. The summed E-state index contributed by atoms with van der Waals surface area (Å²) in [6.07, 6.45) is 0. The summed E-state index contributed by atoms with van der Waals surface area (Å²) in [5.74, 6) is 0.189. The quantitative estimate of drug-likeness (QED) is 0.834. The van der Waals surface area contributed by atoms with Crippen LogP contribution in [0, 0.1) is 6.92 Å². The van der Waals surface area contributed by atoms with Crippen molar-refractivity contribution in [2.75, 3.05) is 13.1 Å². The first-order chi connectivity index (χ1) is 6.93. The Labute approximate surface area is 95.7 Å². The summed E-state index contributed by atoms with van der Waals surface area (Å²) in [6, 6.07) is 2.15. The smallest absolute Gasteiger partial charge is 0.143 e. The molecule has 15 heavy (non-hydrogen) atoms. The molecule has 1 aromatic rings. The van der Waals surface area contributed by atoms with Crippen molar-refractivity contribution < 1.29 is 4.79 Å². The molecule has 84 valence electrons. The maximum atomic E-state index is 10.8. The van der Waals surface area contributed by atoms with Gasteiger partial charge in [0.25, 0.3) is 0 Å². The normalized spacial score (nSPS) is 11.7. The zero-order valence-corrected chi connectivity index (χ0v) is 10.7. The molecule has 3 heteroatoms. The largest absolute Gasteiger partial charge is 0.309 e. The van der Waals surface area contributed by atoms with Crippen molar-refractivity contribution in [2.45, 2.75) is 33.1 Å². The average molecular weight is 225 g/mol. The number of rotatable bonds is 5. The summed E-state index contributed by atoms with van der Waals surface area (Å²) in [5, 5.41) is 5.32. The number of ketones is 1. The molecule has 0 bridgehead atoms. The predicted molar refractivity (Wildman–Crippen MR) is 65.6 cm³/mol. The lowest BCUT2D eigenvalue weighted by molar-refractivity contribution is -0.116. The lowest BCUT2D eigenvalue weighted by Gasteiger charge is -2.24. The first-order valence-corrected chi connectivity index (χ1v) is 6.06. The maximum absolute atomic E-state index is 10.8. The van der Waals surface area contributed by atoms with Gasteiger partial charge in [-0.1, -0.05) is 13.8 Å². The van der Waals surface area contributed by atoms with E-state index in [0.717, 1.165) is 6.54 Å². The highest BCUT2D eigenvalue weighted by Gasteiger charge is 2.23. The highest BCUT2D eigenvalue weighted by Crippen LogP contribution is 2.30. The molecule has 1 N–H and O–H groups in total. The van der Waals surface area contributed by atoms with Crippen molar-refractivity contribution in [3.05, 3.63) is 21.9 Å². The molecule has 0 fully saturated rings. The lowest BCUT2D eigenvalue weighted by Crippen LogP contribution is -2.35. The van der Waals surface area contributed by atoms with E-state index < -0.39 is 0 Å². The van der Waals surface area contributed by atoms with Crippen LogP contribution in [-0.2, 0) is 10.2 Å². The maximum Gasteiger partial charge on any atom is 0.143 e. The molecule has 0 aliphatic carbocycles. The van der Waals surface area contributed by atoms with Crippen molar-refractivity contribution in [1.29, 1.82) is 0 Å². The molecule has 0 spiro atoms. The number of hydrogen-bond donors (Lipinski definition) is 1. The van der Waals surface area contributed by atoms with Gasteiger partial charge in [0, 0.05) is 16.8 Å². The molecule has 0 saturated carbocycles. The van der Waals surface area contributed by atoms with Crippen LogP contribution in [0.4, 0.5) is 0 Å². The predicted octanol–water partition coefficient (Wildman–Crippen LogP) is 2.51. The van der Waals surface area contributed by atoms with Gasteiger partial charge in [0.2, 0.25) is 0 Å². The number of carbonyl (C=O) groups is 1. The van der Waals surface area contributed by atoms with Crippen LogP contribution < -0.4 is 5.32 Å². The SMILES string of the molecule is CC(=O)CNCC(C)(C)c1sccc1C. The van der Waals surface area contributed by atoms with Gasteiger partial charge in [0.05, 0.1) is 6.54 Å². The van der Waals surface area contributed by atoms with Crippen LogP contribution in [0.5, 0.6) is 0 Å². The molecule has 0 aromatic carbocycles. The summed E-state index contributed by atoms with van der Waals surface area (Å²) < 4.78 is 0. The Bertz CT molecular complexity index is 341. The molecular weight excluding hydrogens is 206 g/mol. The molecular formula is C12H19NOS. The van der Waals surface area contributed by atoms with Gasteiger partial charge in [-0.05, 0) is 30.9 Å². The van der Waals surface area contributed by atoms with E-state index in [1.54, 1.807) is 18.3 Å². The molecule has 0 radical (unpaired) electrons. The lowest BCUT2D eigenvalue weighted by atomic mass is 9.89. The molecule has 2 nitrogen and oxygen atoms in total. The van der Waals surface area contributed by atoms with Gasteiger partial charge in [-0.25, -0.2) is 0 Å². The molecule has 0 saturated heterocycles. The number of carbonyl (C=O) groups excluding carboxylic acids is 1. The van der Waals surface area contributed by atoms with Gasteiger partial charge < -0.3 is 5.32 Å². The van der Waals surface area contributed by atoms with Crippen molar-refractivity contribution in [3.8, 4) is 0 Å². The van der Waals surface area contributed by atoms with E-state index in [2.05, 4.69) is 37.5 Å². The first kappa shape index (κ1) is 12.4. The summed E-state index contributed by atoms with van der Waals surface area (Å²) >= 11 is 1.79. The van der Waals surface area contributed by atoms with Crippen LogP contribution in [0.2, 0.25) is 0 Å². The Balaban J connectivity index is 2.59. The molecule has 1 aromatic heterocycles. The minimum Gasteiger partial charge on any atom is -0.309 e. The van der Waals surface area contributed by atoms with E-state index in [0.29, 0.717) is 6.54 Å². The third-order valence-corrected chi connectivity index (χ3v) is 3.80. The van der Waals surface area contributed by atoms with Gasteiger partial charge in [-0.3, -0.25) is 4.79 Å². The highest BCUT2D eigenvalue weighted by atomic mass is 32.1. The number of hydrogen-bond acceptors (Lipinski definition) is 3. The van der Waals surface area contributed by atoms with Crippen molar-refractivity contribution in [3.63, 3.8) is 0 Å². The van der Waals surface area contributed by atoms with Crippen molar-refractivity contribution in [1.82, 2.24) is 5.32 Å². The monoisotopic (exact) mass is 225 g/mol. The number of Topliss-reactive ketones (excluding diaryl/α,β-unsaturated/α-hetero) is 1. The van der Waals surface area contributed by atoms with E-state index in [1.807, 2.05) is 0 Å². The van der Waals surface area contributed by atoms with Crippen molar-refractivity contribution >= 4 is 17.1 Å². The van der Waals surface area contributed by atoms with Gasteiger partial charge in [-0.15, -0.1) is 11.3 Å². The topological polar surface area (TPSA) is 29.1 Å². The van der Waals surface area contributed by atoms with Crippen LogP contribution in [0.15, 0.2) is 11.4 Å². The van der Waals surface area contributed by atoms with Crippen LogP contribution in [-0.4, -0.2) is 18.9 Å². The average Bonchev–Trinajstić information content (AvgIpc) is 2.50. The van der Waals surface area contributed by atoms with Crippen LogP contribution in [0.1, 0.15) is 31.2 Å². The molecule has 0 atom stereocenters.